The van der Waals surface area contributed by atoms with Crippen molar-refractivity contribution in [1.29, 1.82) is 0 Å². The molecule has 0 unspecified atom stereocenters. The van der Waals surface area contributed by atoms with E-state index in [0.29, 0.717) is 6.54 Å². The molecule has 7 heteroatoms. The van der Waals surface area contributed by atoms with E-state index in [4.69, 9.17) is 5.10 Å². The number of nitrogens with zero attached hydrogens (tertiary/aromatic N) is 3. The molecule has 0 radical (unpaired) electrons. The smallest absolute Gasteiger partial charge is 0.244 e. The predicted molar refractivity (Wildman–Crippen MR) is 137 cm³/mol. The second-order valence-corrected chi connectivity index (χ2v) is 7.97. The van der Waals surface area contributed by atoms with Gasteiger partial charge in [0.05, 0.1) is 13.1 Å². The molecular formula is C28H27N5O2. The van der Waals surface area contributed by atoms with Gasteiger partial charge in [0.15, 0.2) is 0 Å². The summed E-state index contributed by atoms with van der Waals surface area (Å²) in [6, 6.07) is 21.4. The Morgan fingerprint density at radius 2 is 1.80 bits per heavy atom. The van der Waals surface area contributed by atoms with Crippen LogP contribution < -0.4 is 10.6 Å². The highest BCUT2D eigenvalue weighted by molar-refractivity contribution is 5.98. The lowest BCUT2D eigenvalue weighted by molar-refractivity contribution is -0.121. The standard InChI is InChI=1S/C28H27N5O2/c1-2-22-11-6-7-13-25(22)31-27(35)18-30-26(34)15-14-24-20-33(19-21-9-4-3-5-10-21)32-28(24)23-12-8-16-29-17-23/h3-17,20H,2,18-19H2,1H3,(H,30,34)(H,31,35)/b15-14+. The number of aryl methyl sites for hydroxylation is 1. The zero-order valence-corrected chi connectivity index (χ0v) is 19.5. The zero-order valence-electron chi connectivity index (χ0n) is 19.5. The molecule has 0 atom stereocenters. The van der Waals surface area contributed by atoms with E-state index in [1.807, 2.05) is 84.5 Å². The van der Waals surface area contributed by atoms with Crippen molar-refractivity contribution in [2.75, 3.05) is 11.9 Å². The fraction of sp³-hybridized carbons (Fsp3) is 0.143. The van der Waals surface area contributed by atoms with Crippen LogP contribution >= 0.6 is 0 Å². The number of carbonyl (C=O) groups is 2. The molecular weight excluding hydrogens is 438 g/mol. The molecule has 0 fully saturated rings. The number of para-hydroxylation sites is 1. The van der Waals surface area contributed by atoms with Crippen molar-refractivity contribution in [3.63, 3.8) is 0 Å². The van der Waals surface area contributed by atoms with Crippen LogP contribution in [0, 0.1) is 0 Å². The maximum Gasteiger partial charge on any atom is 0.244 e. The van der Waals surface area contributed by atoms with E-state index in [-0.39, 0.29) is 18.4 Å². The summed E-state index contributed by atoms with van der Waals surface area (Å²) in [5, 5.41) is 10.2. The van der Waals surface area contributed by atoms with Crippen LogP contribution in [-0.4, -0.2) is 33.1 Å². The van der Waals surface area contributed by atoms with Gasteiger partial charge in [-0.05, 0) is 41.8 Å². The SMILES string of the molecule is CCc1ccccc1NC(=O)CNC(=O)/C=C/c1cn(Cc2ccccc2)nc1-c1cccnc1. The van der Waals surface area contributed by atoms with E-state index in [9.17, 15) is 9.59 Å². The number of pyridine rings is 1. The molecule has 4 rings (SSSR count). The van der Waals surface area contributed by atoms with Gasteiger partial charge in [-0.3, -0.25) is 19.3 Å². The fourth-order valence-corrected chi connectivity index (χ4v) is 3.67. The minimum atomic E-state index is -0.364. The molecule has 2 amide bonds. The monoisotopic (exact) mass is 465 g/mol. The van der Waals surface area contributed by atoms with Gasteiger partial charge in [-0.2, -0.15) is 5.10 Å². The first kappa shape index (κ1) is 23.6. The Balaban J connectivity index is 1.43. The van der Waals surface area contributed by atoms with Crippen LogP contribution in [0.25, 0.3) is 17.3 Å². The molecule has 0 saturated heterocycles. The number of hydrogen-bond acceptors (Lipinski definition) is 4. The molecule has 35 heavy (non-hydrogen) atoms. The summed E-state index contributed by atoms with van der Waals surface area (Å²) < 4.78 is 1.84. The average Bonchev–Trinajstić information content (AvgIpc) is 3.30. The Morgan fingerprint density at radius 1 is 1.00 bits per heavy atom. The third kappa shape index (κ3) is 6.51. The minimum absolute atomic E-state index is 0.121. The summed E-state index contributed by atoms with van der Waals surface area (Å²) >= 11 is 0. The number of amides is 2. The van der Waals surface area contributed by atoms with Crippen LogP contribution in [0.15, 0.2) is 91.4 Å². The Morgan fingerprint density at radius 3 is 2.57 bits per heavy atom. The Bertz CT molecular complexity index is 1310. The van der Waals surface area contributed by atoms with Gasteiger partial charge in [-0.1, -0.05) is 55.5 Å². The van der Waals surface area contributed by atoms with Crippen molar-refractivity contribution in [2.45, 2.75) is 19.9 Å². The van der Waals surface area contributed by atoms with Crippen LogP contribution in [0.1, 0.15) is 23.6 Å². The number of benzene rings is 2. The lowest BCUT2D eigenvalue weighted by Gasteiger charge is -2.09. The van der Waals surface area contributed by atoms with Crippen LogP contribution in [-0.2, 0) is 22.6 Å². The van der Waals surface area contributed by atoms with Crippen molar-refractivity contribution < 1.29 is 9.59 Å². The molecule has 0 aliphatic carbocycles. The quantitative estimate of drug-likeness (QED) is 0.360. The van der Waals surface area contributed by atoms with E-state index in [0.717, 1.165) is 40.1 Å². The van der Waals surface area contributed by atoms with Gasteiger partial charge in [0.1, 0.15) is 5.69 Å². The molecule has 176 valence electrons. The van der Waals surface area contributed by atoms with Crippen molar-refractivity contribution in [3.05, 3.63) is 108 Å². The van der Waals surface area contributed by atoms with E-state index < -0.39 is 0 Å². The van der Waals surface area contributed by atoms with Crippen LogP contribution in [0.3, 0.4) is 0 Å². The number of hydrogen-bond donors (Lipinski definition) is 2. The molecule has 2 aromatic heterocycles. The second-order valence-electron chi connectivity index (χ2n) is 7.97. The van der Waals surface area contributed by atoms with Crippen LogP contribution in [0.2, 0.25) is 0 Å². The zero-order chi connectivity index (χ0) is 24.5. The van der Waals surface area contributed by atoms with Crippen LogP contribution in [0.5, 0.6) is 0 Å². The highest BCUT2D eigenvalue weighted by atomic mass is 16.2. The summed E-state index contributed by atoms with van der Waals surface area (Å²) in [5.41, 5.74) is 5.29. The molecule has 2 N–H and O–H groups in total. The van der Waals surface area contributed by atoms with Gasteiger partial charge in [-0.25, -0.2) is 0 Å². The fourth-order valence-electron chi connectivity index (χ4n) is 3.67. The summed E-state index contributed by atoms with van der Waals surface area (Å²) in [7, 11) is 0. The molecule has 2 aromatic carbocycles. The van der Waals surface area contributed by atoms with Gasteiger partial charge in [0.2, 0.25) is 11.8 Å². The molecule has 4 aromatic rings. The van der Waals surface area contributed by atoms with Crippen molar-refractivity contribution >= 4 is 23.6 Å². The third-order valence-corrected chi connectivity index (χ3v) is 5.42. The lowest BCUT2D eigenvalue weighted by Crippen LogP contribution is -2.31. The Labute approximate surface area is 204 Å². The topological polar surface area (TPSA) is 88.9 Å². The van der Waals surface area contributed by atoms with Gasteiger partial charge in [0, 0.05) is 41.5 Å². The highest BCUT2D eigenvalue weighted by Gasteiger charge is 2.11. The number of aromatic nitrogens is 3. The van der Waals surface area contributed by atoms with E-state index in [2.05, 4.69) is 15.6 Å². The number of carbonyl (C=O) groups excluding carboxylic acids is 2. The largest absolute Gasteiger partial charge is 0.343 e. The summed E-state index contributed by atoms with van der Waals surface area (Å²) in [6.07, 6.45) is 9.27. The third-order valence-electron chi connectivity index (χ3n) is 5.42. The van der Waals surface area contributed by atoms with Gasteiger partial charge in [0.25, 0.3) is 0 Å². The van der Waals surface area contributed by atoms with Crippen LogP contribution in [0.4, 0.5) is 5.69 Å². The second kappa shape index (κ2) is 11.6. The molecule has 0 spiro atoms. The van der Waals surface area contributed by atoms with Crippen molar-refractivity contribution in [2.24, 2.45) is 0 Å². The maximum absolute atomic E-state index is 12.4. The molecule has 0 aliphatic rings. The van der Waals surface area contributed by atoms with E-state index in [1.165, 1.54) is 6.08 Å². The van der Waals surface area contributed by atoms with Crippen molar-refractivity contribution in [1.82, 2.24) is 20.1 Å². The highest BCUT2D eigenvalue weighted by Crippen LogP contribution is 2.23. The average molecular weight is 466 g/mol. The Hall–Kier alpha value is -4.52. The van der Waals surface area contributed by atoms with E-state index in [1.54, 1.807) is 18.5 Å². The first-order valence-corrected chi connectivity index (χ1v) is 11.5. The number of rotatable bonds is 9. The van der Waals surface area contributed by atoms with Crippen molar-refractivity contribution in [3.8, 4) is 11.3 Å². The minimum Gasteiger partial charge on any atom is -0.343 e. The van der Waals surface area contributed by atoms with Gasteiger partial charge in [-0.15, -0.1) is 0 Å². The molecule has 0 bridgehead atoms. The van der Waals surface area contributed by atoms with Gasteiger partial charge >= 0.3 is 0 Å². The predicted octanol–water partition coefficient (Wildman–Crippen LogP) is 4.32. The molecule has 7 nitrogen and oxygen atoms in total. The molecule has 2 heterocycles. The summed E-state index contributed by atoms with van der Waals surface area (Å²) in [6.45, 7) is 2.51. The maximum atomic E-state index is 12.4. The number of anilines is 1. The lowest BCUT2D eigenvalue weighted by atomic mass is 10.1. The summed E-state index contributed by atoms with van der Waals surface area (Å²) in [5.74, 6) is -0.642. The molecule has 0 saturated carbocycles. The van der Waals surface area contributed by atoms with E-state index >= 15 is 0 Å². The normalized spacial score (nSPS) is 10.9. The molecule has 0 aliphatic heterocycles. The Kier molecular flexibility index (Phi) is 7.81. The first-order valence-electron chi connectivity index (χ1n) is 11.5. The number of nitrogens with one attached hydrogen (secondary N) is 2. The summed E-state index contributed by atoms with van der Waals surface area (Å²) in [4.78, 5) is 28.9. The van der Waals surface area contributed by atoms with Gasteiger partial charge < -0.3 is 10.6 Å². The first-order chi connectivity index (χ1) is 17.1.